The summed E-state index contributed by atoms with van der Waals surface area (Å²) in [4.78, 5) is 10.1. The second-order valence-electron chi connectivity index (χ2n) is 2.06. The van der Waals surface area contributed by atoms with E-state index in [-0.39, 0.29) is 5.75 Å². The molecule has 0 atom stereocenters. The van der Waals surface area contributed by atoms with Crippen molar-refractivity contribution in [3.63, 3.8) is 0 Å². The van der Waals surface area contributed by atoms with E-state index in [9.17, 15) is 9.90 Å². The average Bonchev–Trinajstić information content (AvgIpc) is 2.47. The molecule has 0 N–H and O–H groups in total. The average molecular weight is 186 g/mol. The van der Waals surface area contributed by atoms with Crippen molar-refractivity contribution in [3.05, 3.63) is 6.33 Å². The molecule has 0 bridgehead atoms. The molecule has 0 unspecified atom stereocenters. The molecule has 0 aromatic carbocycles. The molecule has 0 aliphatic rings. The summed E-state index contributed by atoms with van der Waals surface area (Å²) in [7, 11) is 0. The van der Waals surface area contributed by atoms with Gasteiger partial charge >= 0.3 is 0 Å². The highest BCUT2D eigenvalue weighted by molar-refractivity contribution is 7.99. The van der Waals surface area contributed by atoms with E-state index in [1.807, 2.05) is 6.92 Å². The van der Waals surface area contributed by atoms with Crippen LogP contribution in [0.25, 0.3) is 0 Å². The van der Waals surface area contributed by atoms with Crippen LogP contribution in [0.3, 0.4) is 0 Å². The fourth-order valence-electron chi connectivity index (χ4n) is 0.697. The van der Waals surface area contributed by atoms with Crippen LogP contribution in [-0.2, 0) is 11.3 Å². The zero-order valence-electron chi connectivity index (χ0n) is 6.56. The van der Waals surface area contributed by atoms with Crippen LogP contribution in [0.15, 0.2) is 11.5 Å². The molecule has 6 heteroatoms. The summed E-state index contributed by atoms with van der Waals surface area (Å²) >= 11 is 1.11. The summed E-state index contributed by atoms with van der Waals surface area (Å²) in [6.07, 6.45) is 1.57. The summed E-state index contributed by atoms with van der Waals surface area (Å²) in [6.45, 7) is 2.68. The number of carbonyl (C=O) groups is 1. The second kappa shape index (κ2) is 4.10. The van der Waals surface area contributed by atoms with Crippen LogP contribution in [0, 0.1) is 0 Å². The third-order valence-corrected chi connectivity index (χ3v) is 2.19. The largest absolute Gasteiger partial charge is 0.549 e. The van der Waals surface area contributed by atoms with Crippen LogP contribution in [0.2, 0.25) is 0 Å². The van der Waals surface area contributed by atoms with Crippen molar-refractivity contribution in [2.75, 3.05) is 5.75 Å². The Kier molecular flexibility index (Phi) is 3.09. The van der Waals surface area contributed by atoms with E-state index in [0.29, 0.717) is 5.16 Å². The van der Waals surface area contributed by atoms with E-state index >= 15 is 0 Å². The minimum Gasteiger partial charge on any atom is -0.549 e. The molecule has 0 saturated carbocycles. The Labute approximate surface area is 73.8 Å². The van der Waals surface area contributed by atoms with Gasteiger partial charge in [-0.1, -0.05) is 11.8 Å². The fraction of sp³-hybridized carbons (Fsp3) is 0.500. The molecule has 0 aliphatic carbocycles. The van der Waals surface area contributed by atoms with Crippen LogP contribution in [0.5, 0.6) is 0 Å². The summed E-state index contributed by atoms with van der Waals surface area (Å²) in [5, 5.41) is 18.1. The first-order valence-electron chi connectivity index (χ1n) is 3.44. The van der Waals surface area contributed by atoms with Gasteiger partial charge in [0.05, 0.1) is 5.97 Å². The van der Waals surface area contributed by atoms with Gasteiger partial charge in [0.2, 0.25) is 0 Å². The van der Waals surface area contributed by atoms with E-state index in [1.54, 1.807) is 10.9 Å². The second-order valence-corrected chi connectivity index (χ2v) is 3.00. The highest BCUT2D eigenvalue weighted by Crippen LogP contribution is 2.12. The number of nitrogens with zero attached hydrogens (tertiary/aromatic N) is 3. The first-order chi connectivity index (χ1) is 5.74. The lowest BCUT2D eigenvalue weighted by molar-refractivity contribution is -0.301. The molecular weight excluding hydrogens is 178 g/mol. The third-order valence-electron chi connectivity index (χ3n) is 1.24. The Morgan fingerprint density at radius 1 is 1.83 bits per heavy atom. The van der Waals surface area contributed by atoms with Gasteiger partial charge < -0.3 is 14.5 Å². The molecule has 0 aliphatic heterocycles. The Balaban J connectivity index is 2.56. The van der Waals surface area contributed by atoms with Crippen LogP contribution in [-0.4, -0.2) is 26.5 Å². The normalized spacial score (nSPS) is 10.1. The maximum atomic E-state index is 10.1. The lowest BCUT2D eigenvalue weighted by Crippen LogP contribution is -2.24. The molecule has 0 saturated heterocycles. The molecule has 0 radical (unpaired) electrons. The van der Waals surface area contributed by atoms with Crippen molar-refractivity contribution < 1.29 is 9.90 Å². The van der Waals surface area contributed by atoms with Gasteiger partial charge in [0, 0.05) is 12.3 Å². The van der Waals surface area contributed by atoms with Gasteiger partial charge in [-0.3, -0.25) is 0 Å². The molecule has 5 nitrogen and oxygen atoms in total. The van der Waals surface area contributed by atoms with Crippen molar-refractivity contribution in [2.45, 2.75) is 18.6 Å². The molecule has 66 valence electrons. The molecule has 1 heterocycles. The number of carboxylic acid groups (broad SMARTS) is 1. The first-order valence-corrected chi connectivity index (χ1v) is 4.43. The third kappa shape index (κ3) is 2.23. The fourth-order valence-corrected chi connectivity index (χ4v) is 1.39. The van der Waals surface area contributed by atoms with Crippen LogP contribution in [0.1, 0.15) is 6.92 Å². The van der Waals surface area contributed by atoms with E-state index < -0.39 is 5.97 Å². The van der Waals surface area contributed by atoms with Crippen LogP contribution < -0.4 is 5.11 Å². The van der Waals surface area contributed by atoms with Crippen molar-refractivity contribution in [1.29, 1.82) is 0 Å². The number of carboxylic acids is 1. The lowest BCUT2D eigenvalue weighted by atomic mass is 10.7. The number of aryl methyl sites for hydroxylation is 1. The molecule has 1 aromatic rings. The maximum Gasteiger partial charge on any atom is 0.191 e. The SMILES string of the molecule is CCn1cnnc1SCC(=O)[O-]. The molecule has 1 rings (SSSR count). The summed E-state index contributed by atoms with van der Waals surface area (Å²) in [5.74, 6) is -1.18. The van der Waals surface area contributed by atoms with E-state index in [2.05, 4.69) is 10.2 Å². The molecule has 0 amide bonds. The van der Waals surface area contributed by atoms with Crippen LogP contribution in [0.4, 0.5) is 0 Å². The van der Waals surface area contributed by atoms with Crippen molar-refractivity contribution >= 4 is 17.7 Å². The minimum absolute atomic E-state index is 0.0846. The maximum absolute atomic E-state index is 10.1. The number of aromatic nitrogens is 3. The topological polar surface area (TPSA) is 70.8 Å². The number of hydrogen-bond donors (Lipinski definition) is 0. The Morgan fingerprint density at radius 2 is 2.58 bits per heavy atom. The van der Waals surface area contributed by atoms with E-state index in [1.165, 1.54) is 0 Å². The quantitative estimate of drug-likeness (QED) is 0.572. The number of thioether (sulfide) groups is 1. The minimum atomic E-state index is -1.09. The van der Waals surface area contributed by atoms with Gasteiger partial charge in [0.15, 0.2) is 5.16 Å². The number of aliphatic carboxylic acids is 1. The predicted molar refractivity (Wildman–Crippen MR) is 41.4 cm³/mol. The summed E-state index contributed by atoms with van der Waals surface area (Å²) in [5.41, 5.74) is 0. The molecular formula is C6H8N3O2S-. The van der Waals surface area contributed by atoms with Crippen LogP contribution >= 0.6 is 11.8 Å². The zero-order valence-corrected chi connectivity index (χ0v) is 7.37. The Morgan fingerprint density at radius 3 is 3.17 bits per heavy atom. The molecule has 1 aromatic heterocycles. The first kappa shape index (κ1) is 9.05. The molecule has 12 heavy (non-hydrogen) atoms. The van der Waals surface area contributed by atoms with Gasteiger partial charge in [-0.25, -0.2) is 0 Å². The molecule has 0 spiro atoms. The predicted octanol–water partition coefficient (Wildman–Crippen LogP) is -0.860. The van der Waals surface area contributed by atoms with Crippen molar-refractivity contribution in [3.8, 4) is 0 Å². The van der Waals surface area contributed by atoms with Gasteiger partial charge in [-0.15, -0.1) is 10.2 Å². The van der Waals surface area contributed by atoms with Gasteiger partial charge in [-0.05, 0) is 6.92 Å². The number of hydrogen-bond acceptors (Lipinski definition) is 5. The van der Waals surface area contributed by atoms with Gasteiger partial charge in [0.25, 0.3) is 0 Å². The van der Waals surface area contributed by atoms with E-state index in [4.69, 9.17) is 0 Å². The molecule has 0 fully saturated rings. The van der Waals surface area contributed by atoms with E-state index in [0.717, 1.165) is 18.3 Å². The lowest BCUT2D eigenvalue weighted by Gasteiger charge is -2.02. The standard InChI is InChI=1S/C6H9N3O2S/c1-2-9-4-7-8-6(9)12-3-5(10)11/h4H,2-3H2,1H3,(H,10,11)/p-1. The summed E-state index contributed by atoms with van der Waals surface area (Å²) in [6, 6.07) is 0. The van der Waals surface area contributed by atoms with Crippen molar-refractivity contribution in [2.24, 2.45) is 0 Å². The zero-order chi connectivity index (χ0) is 8.97. The highest BCUT2D eigenvalue weighted by atomic mass is 32.2. The number of rotatable bonds is 4. The highest BCUT2D eigenvalue weighted by Gasteiger charge is 2.01. The van der Waals surface area contributed by atoms with Crippen molar-refractivity contribution in [1.82, 2.24) is 14.8 Å². The smallest absolute Gasteiger partial charge is 0.191 e. The summed E-state index contributed by atoms with van der Waals surface area (Å²) < 4.78 is 1.77. The van der Waals surface area contributed by atoms with Gasteiger partial charge in [-0.2, -0.15) is 0 Å². The Hall–Kier alpha value is -1.04. The monoisotopic (exact) mass is 186 g/mol. The van der Waals surface area contributed by atoms with Gasteiger partial charge in [0.1, 0.15) is 6.33 Å². The Bertz CT molecular complexity index is 274. The number of carbonyl (C=O) groups excluding carboxylic acids is 1.